The Hall–Kier alpha value is -1.14. The van der Waals surface area contributed by atoms with Crippen LogP contribution in [-0.4, -0.2) is 37.3 Å². The molecule has 1 saturated heterocycles. The number of sulfonamides is 1. The number of piperidine rings is 1. The third kappa shape index (κ3) is 3.74. The van der Waals surface area contributed by atoms with Crippen molar-refractivity contribution in [3.8, 4) is 0 Å². The molecule has 0 saturated carbocycles. The lowest BCUT2D eigenvalue weighted by molar-refractivity contribution is 0.195. The van der Waals surface area contributed by atoms with Crippen LogP contribution in [0.3, 0.4) is 0 Å². The molecule has 1 aliphatic heterocycles. The number of pyridine rings is 1. The van der Waals surface area contributed by atoms with Gasteiger partial charge in [0.05, 0.1) is 5.69 Å². The Morgan fingerprint density at radius 2 is 2.00 bits per heavy atom. The second-order valence-electron chi connectivity index (χ2n) is 6.35. The van der Waals surface area contributed by atoms with Gasteiger partial charge in [0.25, 0.3) is 10.0 Å². The predicted molar refractivity (Wildman–Crippen MR) is 84.8 cm³/mol. The molecule has 2 heterocycles. The van der Waals surface area contributed by atoms with Gasteiger partial charge in [-0.15, -0.1) is 0 Å². The van der Waals surface area contributed by atoms with E-state index in [1.165, 1.54) is 6.20 Å². The highest BCUT2D eigenvalue weighted by atomic mass is 32.2. The van der Waals surface area contributed by atoms with Crippen LogP contribution in [0.4, 0.5) is 5.69 Å². The van der Waals surface area contributed by atoms with Crippen molar-refractivity contribution in [3.63, 3.8) is 0 Å². The number of rotatable bonds is 5. The average molecular weight is 311 g/mol. The molecule has 5 nitrogen and oxygen atoms in total. The van der Waals surface area contributed by atoms with Gasteiger partial charge in [0, 0.05) is 25.8 Å². The van der Waals surface area contributed by atoms with Crippen LogP contribution in [0.5, 0.6) is 0 Å². The van der Waals surface area contributed by atoms with E-state index in [2.05, 4.69) is 24.1 Å². The first-order valence-corrected chi connectivity index (χ1v) is 9.00. The van der Waals surface area contributed by atoms with Crippen molar-refractivity contribution < 1.29 is 8.42 Å². The number of hydrogen-bond acceptors (Lipinski definition) is 4. The van der Waals surface area contributed by atoms with E-state index in [1.807, 2.05) is 6.92 Å². The summed E-state index contributed by atoms with van der Waals surface area (Å²) in [5.41, 5.74) is 0.823. The summed E-state index contributed by atoms with van der Waals surface area (Å²) in [6.45, 7) is 8.29. The van der Waals surface area contributed by atoms with E-state index in [-0.39, 0.29) is 10.4 Å². The van der Waals surface area contributed by atoms with Crippen LogP contribution >= 0.6 is 0 Å². The van der Waals surface area contributed by atoms with Gasteiger partial charge in [-0.2, -0.15) is 4.31 Å². The Balaban J connectivity index is 2.24. The fourth-order valence-corrected chi connectivity index (χ4v) is 3.96. The predicted octanol–water partition coefficient (Wildman–Crippen LogP) is 2.71. The zero-order valence-electron chi connectivity index (χ0n) is 13.1. The summed E-state index contributed by atoms with van der Waals surface area (Å²) < 4.78 is 27.2. The third-order valence-electron chi connectivity index (χ3n) is 4.00. The summed E-state index contributed by atoms with van der Waals surface area (Å²) >= 11 is 0. The molecule has 0 spiro atoms. The van der Waals surface area contributed by atoms with Gasteiger partial charge in [0.1, 0.15) is 0 Å². The molecule has 2 rings (SSSR count). The minimum Gasteiger partial charge on any atom is -0.383 e. The van der Waals surface area contributed by atoms with Crippen molar-refractivity contribution in [2.45, 2.75) is 45.1 Å². The highest BCUT2D eigenvalue weighted by molar-refractivity contribution is 7.89. The number of nitrogens with one attached hydrogen (secondary N) is 1. The maximum Gasteiger partial charge on any atom is 0.262 e. The molecule has 1 N–H and O–H groups in total. The van der Waals surface area contributed by atoms with Crippen LogP contribution in [0.25, 0.3) is 0 Å². The first-order chi connectivity index (χ1) is 9.87. The molecule has 118 valence electrons. The molecule has 0 bridgehead atoms. The molecule has 1 fully saturated rings. The molecular weight excluding hydrogens is 286 g/mol. The minimum absolute atomic E-state index is 0.151. The van der Waals surface area contributed by atoms with E-state index in [1.54, 1.807) is 16.4 Å². The lowest BCUT2D eigenvalue weighted by Crippen LogP contribution is -2.41. The first kappa shape index (κ1) is 16.2. The Bertz CT molecular complexity index is 574. The van der Waals surface area contributed by atoms with Crippen LogP contribution in [0.15, 0.2) is 23.4 Å². The van der Waals surface area contributed by atoms with E-state index in [0.29, 0.717) is 18.8 Å². The van der Waals surface area contributed by atoms with E-state index in [0.717, 1.165) is 25.8 Å². The van der Waals surface area contributed by atoms with Gasteiger partial charge in [-0.25, -0.2) is 13.4 Å². The molecule has 0 aromatic carbocycles. The van der Waals surface area contributed by atoms with Gasteiger partial charge in [-0.3, -0.25) is 0 Å². The van der Waals surface area contributed by atoms with Gasteiger partial charge < -0.3 is 5.32 Å². The van der Waals surface area contributed by atoms with E-state index < -0.39 is 10.0 Å². The maximum atomic E-state index is 12.8. The largest absolute Gasteiger partial charge is 0.383 e. The lowest BCUT2D eigenvalue weighted by Gasteiger charge is -2.36. The summed E-state index contributed by atoms with van der Waals surface area (Å²) in [5.74, 6) is 0. The second kappa shape index (κ2) is 6.32. The molecule has 0 aliphatic carbocycles. The Morgan fingerprint density at radius 1 is 1.33 bits per heavy atom. The summed E-state index contributed by atoms with van der Waals surface area (Å²) in [5, 5.41) is 3.31. The topological polar surface area (TPSA) is 62.3 Å². The summed E-state index contributed by atoms with van der Waals surface area (Å²) in [6, 6.07) is 3.54. The molecule has 0 amide bonds. The molecule has 0 radical (unpaired) electrons. The van der Waals surface area contributed by atoms with Gasteiger partial charge in [0.15, 0.2) is 5.03 Å². The molecule has 1 aliphatic rings. The van der Waals surface area contributed by atoms with Crippen molar-refractivity contribution in [2.24, 2.45) is 5.41 Å². The lowest BCUT2D eigenvalue weighted by atomic mass is 9.83. The van der Waals surface area contributed by atoms with Crippen LogP contribution < -0.4 is 5.32 Å². The zero-order chi connectivity index (χ0) is 15.5. The van der Waals surface area contributed by atoms with Gasteiger partial charge in [0.2, 0.25) is 0 Å². The van der Waals surface area contributed by atoms with Gasteiger partial charge in [-0.1, -0.05) is 20.8 Å². The van der Waals surface area contributed by atoms with Crippen LogP contribution in [0, 0.1) is 5.41 Å². The minimum atomic E-state index is -3.51. The number of aromatic nitrogens is 1. The monoisotopic (exact) mass is 311 g/mol. The maximum absolute atomic E-state index is 12.8. The highest BCUT2D eigenvalue weighted by Crippen LogP contribution is 2.33. The summed E-state index contributed by atoms with van der Waals surface area (Å²) in [7, 11) is -3.51. The Kier molecular flexibility index (Phi) is 4.88. The van der Waals surface area contributed by atoms with Crippen molar-refractivity contribution in [1.82, 2.24) is 9.29 Å². The molecule has 21 heavy (non-hydrogen) atoms. The molecule has 1 aromatic heterocycles. The van der Waals surface area contributed by atoms with Crippen molar-refractivity contribution >= 4 is 15.7 Å². The van der Waals surface area contributed by atoms with Crippen molar-refractivity contribution in [3.05, 3.63) is 18.3 Å². The highest BCUT2D eigenvalue weighted by Gasteiger charge is 2.34. The second-order valence-corrected chi connectivity index (χ2v) is 8.20. The molecule has 6 heteroatoms. The zero-order valence-corrected chi connectivity index (χ0v) is 13.9. The summed E-state index contributed by atoms with van der Waals surface area (Å²) in [4.78, 5) is 4.12. The Labute approximate surface area is 127 Å². The standard InChI is InChI=1S/C15H25N3O2S/c1-4-9-16-13-6-5-10-17-14(13)21(19,20)18-11-7-15(2,3)8-12-18/h5-6,10,16H,4,7-9,11-12H2,1-3H3. The molecule has 0 atom stereocenters. The third-order valence-corrected chi connectivity index (χ3v) is 5.86. The van der Waals surface area contributed by atoms with Crippen LogP contribution in [-0.2, 0) is 10.0 Å². The van der Waals surface area contributed by atoms with E-state index >= 15 is 0 Å². The normalized spacial score (nSPS) is 19.4. The summed E-state index contributed by atoms with van der Waals surface area (Å²) in [6.07, 6.45) is 4.25. The van der Waals surface area contributed by atoms with E-state index in [4.69, 9.17) is 0 Å². The quantitative estimate of drug-likeness (QED) is 0.908. The number of nitrogens with zero attached hydrogens (tertiary/aromatic N) is 2. The van der Waals surface area contributed by atoms with Gasteiger partial charge in [-0.05, 0) is 36.8 Å². The smallest absolute Gasteiger partial charge is 0.262 e. The van der Waals surface area contributed by atoms with Gasteiger partial charge >= 0.3 is 0 Å². The van der Waals surface area contributed by atoms with Crippen LogP contribution in [0.2, 0.25) is 0 Å². The van der Waals surface area contributed by atoms with Crippen molar-refractivity contribution in [2.75, 3.05) is 25.0 Å². The van der Waals surface area contributed by atoms with Crippen LogP contribution in [0.1, 0.15) is 40.0 Å². The molecule has 0 unspecified atom stereocenters. The van der Waals surface area contributed by atoms with E-state index in [9.17, 15) is 8.42 Å². The molecule has 1 aromatic rings. The Morgan fingerprint density at radius 3 is 2.62 bits per heavy atom. The molecular formula is C15H25N3O2S. The number of anilines is 1. The fraction of sp³-hybridized carbons (Fsp3) is 0.667. The SMILES string of the molecule is CCCNc1cccnc1S(=O)(=O)N1CCC(C)(C)CC1. The fourth-order valence-electron chi connectivity index (χ4n) is 2.44. The average Bonchev–Trinajstić information content (AvgIpc) is 2.45. The number of hydrogen-bond donors (Lipinski definition) is 1. The van der Waals surface area contributed by atoms with Crippen molar-refractivity contribution in [1.29, 1.82) is 0 Å². The first-order valence-electron chi connectivity index (χ1n) is 7.56.